The van der Waals surface area contributed by atoms with Crippen LogP contribution >= 0.6 is 23.8 Å². The highest BCUT2D eigenvalue weighted by atomic mass is 35.5. The number of nitrogens with zero attached hydrogens (tertiary/aromatic N) is 2. The Morgan fingerprint density at radius 2 is 1.88 bits per heavy atom. The molecule has 0 spiro atoms. The van der Waals surface area contributed by atoms with Crippen LogP contribution in [0, 0.1) is 5.82 Å². The topological polar surface area (TPSA) is 42.0 Å². The normalized spacial score (nSPS) is 18.4. The van der Waals surface area contributed by atoms with Gasteiger partial charge in [0, 0.05) is 13.1 Å². The van der Waals surface area contributed by atoms with Crippen molar-refractivity contribution in [3.63, 3.8) is 0 Å². The van der Waals surface area contributed by atoms with Crippen molar-refractivity contribution in [3.8, 4) is 11.5 Å². The van der Waals surface area contributed by atoms with Gasteiger partial charge < -0.3 is 14.4 Å². The summed E-state index contributed by atoms with van der Waals surface area (Å²) in [7, 11) is 3.34. The summed E-state index contributed by atoms with van der Waals surface area (Å²) in [6.07, 6.45) is 7.17. The van der Waals surface area contributed by atoms with Crippen LogP contribution in [-0.4, -0.2) is 41.0 Å². The Morgan fingerprint density at radius 1 is 1.18 bits per heavy atom. The lowest BCUT2D eigenvalue weighted by Crippen LogP contribution is -2.41. The average Bonchev–Trinajstić information content (AvgIpc) is 3.02. The van der Waals surface area contributed by atoms with E-state index >= 15 is 0 Å². The van der Waals surface area contributed by atoms with E-state index in [1.54, 1.807) is 40.1 Å². The number of carbonyl (C=O) groups is 1. The molecule has 0 N–H and O–H groups in total. The minimum absolute atomic E-state index is 0.0823. The number of ether oxygens (including phenoxy) is 2. The summed E-state index contributed by atoms with van der Waals surface area (Å²) in [6, 6.07) is 9.71. The summed E-state index contributed by atoms with van der Waals surface area (Å²) in [6.45, 7) is 0.211. The first-order valence-corrected chi connectivity index (χ1v) is 11.8. The van der Waals surface area contributed by atoms with Crippen molar-refractivity contribution in [2.75, 3.05) is 14.2 Å². The maximum absolute atomic E-state index is 13.2. The van der Waals surface area contributed by atoms with E-state index in [9.17, 15) is 9.18 Å². The summed E-state index contributed by atoms with van der Waals surface area (Å²) in [5.74, 6) is 0.438. The van der Waals surface area contributed by atoms with E-state index in [2.05, 4.69) is 0 Å². The van der Waals surface area contributed by atoms with E-state index < -0.39 is 0 Å². The molecule has 2 aromatic carbocycles. The first-order valence-electron chi connectivity index (χ1n) is 11.0. The van der Waals surface area contributed by atoms with Crippen molar-refractivity contribution in [1.82, 2.24) is 9.80 Å². The predicted octanol–water partition coefficient (Wildman–Crippen LogP) is 5.80. The van der Waals surface area contributed by atoms with Crippen molar-refractivity contribution >= 4 is 40.9 Å². The van der Waals surface area contributed by atoms with E-state index in [0.717, 1.165) is 31.2 Å². The van der Waals surface area contributed by atoms with Gasteiger partial charge in [-0.15, -0.1) is 0 Å². The van der Waals surface area contributed by atoms with Crippen LogP contribution in [0.5, 0.6) is 11.5 Å². The molecule has 2 aromatic rings. The summed E-state index contributed by atoms with van der Waals surface area (Å²) in [5.41, 5.74) is 2.01. The summed E-state index contributed by atoms with van der Waals surface area (Å²) >= 11 is 12.1. The quantitative estimate of drug-likeness (QED) is 0.380. The van der Waals surface area contributed by atoms with Crippen molar-refractivity contribution in [1.29, 1.82) is 0 Å². The maximum atomic E-state index is 13.2. The van der Waals surface area contributed by atoms with Gasteiger partial charge in [-0.2, -0.15) is 0 Å². The summed E-state index contributed by atoms with van der Waals surface area (Å²) in [4.78, 5) is 16.8. The van der Waals surface area contributed by atoms with Crippen molar-refractivity contribution in [2.24, 2.45) is 0 Å². The van der Waals surface area contributed by atoms with Crippen LogP contribution in [-0.2, 0) is 11.4 Å². The molecule has 2 fully saturated rings. The Hall–Kier alpha value is -2.64. The van der Waals surface area contributed by atoms with Crippen LogP contribution in [0.3, 0.4) is 0 Å². The molecule has 1 aliphatic heterocycles. The number of thiocarbonyl (C=S) groups is 1. The number of halogens is 2. The number of amides is 1. The van der Waals surface area contributed by atoms with Crippen LogP contribution in [0.25, 0.3) is 6.08 Å². The summed E-state index contributed by atoms with van der Waals surface area (Å²) in [5, 5.41) is 0.888. The van der Waals surface area contributed by atoms with E-state index in [-0.39, 0.29) is 24.4 Å². The molecule has 1 aliphatic carbocycles. The van der Waals surface area contributed by atoms with E-state index in [1.807, 2.05) is 7.05 Å². The molecule has 0 atom stereocenters. The third-order valence-electron chi connectivity index (χ3n) is 6.08. The fourth-order valence-electron chi connectivity index (χ4n) is 4.30. The number of benzene rings is 2. The third-order valence-corrected chi connectivity index (χ3v) is 6.84. The molecule has 1 saturated carbocycles. The van der Waals surface area contributed by atoms with Gasteiger partial charge in [-0.05, 0) is 66.5 Å². The Morgan fingerprint density at radius 3 is 2.55 bits per heavy atom. The van der Waals surface area contributed by atoms with Gasteiger partial charge in [0.15, 0.2) is 16.6 Å². The molecule has 2 aliphatic rings. The highest BCUT2D eigenvalue weighted by Crippen LogP contribution is 2.38. The van der Waals surface area contributed by atoms with Crippen molar-refractivity contribution < 1.29 is 18.7 Å². The molecule has 1 saturated heterocycles. The number of likely N-dealkylation sites (N-methyl/N-ethyl adjacent to an activating group) is 1. The molecule has 0 bridgehead atoms. The SMILES string of the molecule is COc1cc(/C=C2/C(=O)N(C3CCCCC3)C(=S)N2C)cc(Cl)c1OCc1ccc(F)cc1. The first kappa shape index (κ1) is 23.5. The second-order valence-corrected chi connectivity index (χ2v) is 9.06. The third kappa shape index (κ3) is 4.99. The second kappa shape index (κ2) is 10.1. The van der Waals surface area contributed by atoms with Gasteiger partial charge in [-0.25, -0.2) is 4.39 Å². The molecule has 5 nitrogen and oxygen atoms in total. The number of hydrogen-bond acceptors (Lipinski definition) is 4. The lowest BCUT2D eigenvalue weighted by molar-refractivity contribution is -0.124. The number of rotatable bonds is 6. The minimum atomic E-state index is -0.306. The van der Waals surface area contributed by atoms with Gasteiger partial charge in [-0.1, -0.05) is 43.0 Å². The van der Waals surface area contributed by atoms with Gasteiger partial charge in [0.2, 0.25) is 0 Å². The Bertz CT molecular complexity index is 1080. The van der Waals surface area contributed by atoms with Crippen molar-refractivity contribution in [2.45, 2.75) is 44.8 Å². The van der Waals surface area contributed by atoms with Crippen molar-refractivity contribution in [3.05, 3.63) is 64.1 Å². The molecule has 33 heavy (non-hydrogen) atoms. The maximum Gasteiger partial charge on any atom is 0.277 e. The standard InChI is InChI=1S/C25H26ClFN2O3S/c1-28-21(24(30)29(25(28)33)19-6-4-3-5-7-19)13-17-12-20(26)23(22(14-17)31-2)32-15-16-8-10-18(27)11-9-16/h8-14,19H,3-7,15H2,1-2H3/b21-13-. The van der Waals surface area contributed by atoms with Crippen LogP contribution in [0.4, 0.5) is 4.39 Å². The smallest absolute Gasteiger partial charge is 0.277 e. The average molecular weight is 489 g/mol. The Kier molecular flexibility index (Phi) is 7.20. The zero-order valence-corrected chi connectivity index (χ0v) is 20.2. The highest BCUT2D eigenvalue weighted by molar-refractivity contribution is 7.80. The second-order valence-electron chi connectivity index (χ2n) is 8.29. The number of hydrogen-bond donors (Lipinski definition) is 0. The molecular weight excluding hydrogens is 463 g/mol. The van der Waals surface area contributed by atoms with Crippen LogP contribution in [0.15, 0.2) is 42.1 Å². The first-order chi connectivity index (χ1) is 15.9. The predicted molar refractivity (Wildman–Crippen MR) is 131 cm³/mol. The van der Waals surface area contributed by atoms with E-state index in [0.29, 0.717) is 32.9 Å². The number of carbonyl (C=O) groups excluding carboxylic acids is 1. The van der Waals surface area contributed by atoms with Gasteiger partial charge >= 0.3 is 0 Å². The highest BCUT2D eigenvalue weighted by Gasteiger charge is 2.40. The lowest BCUT2D eigenvalue weighted by atomic mass is 9.94. The Balaban J connectivity index is 1.57. The zero-order valence-electron chi connectivity index (χ0n) is 18.6. The van der Waals surface area contributed by atoms with Gasteiger partial charge in [-0.3, -0.25) is 9.69 Å². The largest absolute Gasteiger partial charge is 0.493 e. The van der Waals surface area contributed by atoms with Gasteiger partial charge in [0.1, 0.15) is 18.1 Å². The minimum Gasteiger partial charge on any atom is -0.493 e. The molecule has 0 unspecified atom stereocenters. The van der Waals surface area contributed by atoms with Gasteiger partial charge in [0.05, 0.1) is 12.1 Å². The molecule has 0 aromatic heterocycles. The van der Waals surface area contributed by atoms with Crippen LogP contribution in [0.1, 0.15) is 43.2 Å². The van der Waals surface area contributed by atoms with E-state index in [4.69, 9.17) is 33.3 Å². The van der Waals surface area contributed by atoms with Crippen LogP contribution in [0.2, 0.25) is 5.02 Å². The lowest BCUT2D eigenvalue weighted by Gasteiger charge is -2.30. The molecule has 174 valence electrons. The fourth-order valence-corrected chi connectivity index (χ4v) is 4.90. The summed E-state index contributed by atoms with van der Waals surface area (Å²) < 4.78 is 24.5. The number of methoxy groups -OCH3 is 1. The molecule has 4 rings (SSSR count). The molecule has 8 heteroatoms. The molecular formula is C25H26ClFN2O3S. The monoisotopic (exact) mass is 488 g/mol. The van der Waals surface area contributed by atoms with E-state index in [1.165, 1.54) is 25.7 Å². The molecule has 1 heterocycles. The molecule has 0 radical (unpaired) electrons. The Labute approximate surface area is 203 Å². The zero-order chi connectivity index (χ0) is 23.5. The molecule has 1 amide bonds. The fraction of sp³-hybridized carbons (Fsp3) is 0.360. The van der Waals surface area contributed by atoms with Gasteiger partial charge in [0.25, 0.3) is 5.91 Å². The van der Waals surface area contributed by atoms with Crippen LogP contribution < -0.4 is 9.47 Å².